The molecule has 228 valence electrons. The van der Waals surface area contributed by atoms with Crippen LogP contribution >= 0.6 is 0 Å². The van der Waals surface area contributed by atoms with Gasteiger partial charge in [-0.05, 0) is 45.8 Å². The summed E-state index contributed by atoms with van der Waals surface area (Å²) in [7, 11) is 0. The lowest BCUT2D eigenvalue weighted by molar-refractivity contribution is 1.02. The van der Waals surface area contributed by atoms with E-state index in [0.29, 0.717) is 5.95 Å². The number of fused-ring (bicyclic) bond motifs is 7. The van der Waals surface area contributed by atoms with Crippen molar-refractivity contribution < 1.29 is 0 Å². The topological polar surface area (TPSA) is 35.1 Å². The van der Waals surface area contributed by atoms with E-state index < -0.39 is 0 Å². The molecule has 0 atom stereocenters. The van der Waals surface area contributed by atoms with Gasteiger partial charge in [-0.25, -0.2) is 9.97 Å². The van der Waals surface area contributed by atoms with Gasteiger partial charge in [0.2, 0.25) is 5.95 Å². The minimum Gasteiger partial charge on any atom is -0.307 e. The predicted octanol–water partition coefficient (Wildman–Crippen LogP) is 11.9. The van der Waals surface area contributed by atoms with Crippen LogP contribution in [-0.2, 0) is 0 Å². The fraction of sp³-hybridized carbons (Fsp3) is 0. The molecular weight excluding hydrogens is 609 g/mol. The Hall–Kier alpha value is -6.78. The van der Waals surface area contributed by atoms with Gasteiger partial charge in [0.05, 0.1) is 38.8 Å². The molecule has 0 amide bonds. The molecule has 0 saturated heterocycles. The first-order valence-electron chi connectivity index (χ1n) is 17.2. The Morgan fingerprint density at radius 1 is 0.380 bits per heavy atom. The van der Waals surface area contributed by atoms with Gasteiger partial charge in [-0.15, -0.1) is 0 Å². The number of rotatable bonds is 2. The first kappa shape index (κ1) is 25.3. The Kier molecular flexibility index (Phi) is 4.36. The van der Waals surface area contributed by atoms with E-state index in [4.69, 9.17) is 9.97 Å². The van der Waals surface area contributed by atoms with Crippen molar-refractivity contribution in [2.75, 3.05) is 0 Å². The first-order valence-corrected chi connectivity index (χ1v) is 17.2. The summed E-state index contributed by atoms with van der Waals surface area (Å²) in [6, 6.07) is 53.1. The molecule has 0 fully saturated rings. The van der Waals surface area contributed by atoms with E-state index in [-0.39, 0.29) is 0 Å². The summed E-state index contributed by atoms with van der Waals surface area (Å²) in [4.78, 5) is 11.0. The Bertz CT molecular complexity index is 3550. The van der Waals surface area contributed by atoms with E-state index in [1.54, 1.807) is 0 Å². The SMILES string of the molecule is c1ccc2cc(-c3nc(-n4c5cccc6c7cccc8c9cccc%10c%11ccc4c(c65)c%11n(c78)c9%10)nc4c3ccc3ccccc34)ccc2c1. The van der Waals surface area contributed by atoms with E-state index in [2.05, 4.69) is 155 Å². The maximum Gasteiger partial charge on any atom is 0.235 e. The van der Waals surface area contributed by atoms with Crippen LogP contribution in [0.15, 0.2) is 146 Å². The number of benzene rings is 8. The highest BCUT2D eigenvalue weighted by Crippen LogP contribution is 2.49. The van der Waals surface area contributed by atoms with Crippen LogP contribution in [0, 0.1) is 0 Å². The van der Waals surface area contributed by atoms with Gasteiger partial charge in [0.1, 0.15) is 0 Å². The zero-order valence-corrected chi connectivity index (χ0v) is 26.6. The predicted molar refractivity (Wildman–Crippen MR) is 209 cm³/mol. The molecule has 0 aliphatic rings. The summed E-state index contributed by atoms with van der Waals surface area (Å²) in [5, 5.41) is 16.0. The van der Waals surface area contributed by atoms with Crippen molar-refractivity contribution in [2.24, 2.45) is 0 Å². The molecule has 0 spiro atoms. The quantitative estimate of drug-likeness (QED) is 0.178. The molecule has 0 radical (unpaired) electrons. The van der Waals surface area contributed by atoms with E-state index in [1.807, 2.05) is 0 Å². The van der Waals surface area contributed by atoms with Crippen LogP contribution in [0.25, 0.3) is 120 Å². The number of hydrogen-bond acceptors (Lipinski definition) is 2. The molecule has 0 aliphatic heterocycles. The Morgan fingerprint density at radius 2 is 0.980 bits per heavy atom. The standard InChI is InChI=1S/C46H24N4/c1-2-10-27-24-28(19-18-25(27)8-1)41-36-21-20-26-9-3-4-11-29(26)42(36)48-46(47-41)49-37-17-7-12-30-31-13-5-14-32-33-15-6-16-34-35-22-23-38(49)40(39(30)37)45(35)50(43(31)32)44(33)34/h1-24H. The number of nitrogens with zero attached hydrogens (tertiary/aromatic N) is 4. The number of para-hydroxylation sites is 2. The summed E-state index contributed by atoms with van der Waals surface area (Å²) in [5.74, 6) is 0.682. The highest BCUT2D eigenvalue weighted by molar-refractivity contribution is 6.37. The molecule has 13 rings (SSSR count). The molecule has 0 N–H and O–H groups in total. The van der Waals surface area contributed by atoms with Crippen LogP contribution in [0.3, 0.4) is 0 Å². The molecular formula is C46H24N4. The lowest BCUT2D eigenvalue weighted by Crippen LogP contribution is -2.04. The Morgan fingerprint density at radius 3 is 1.80 bits per heavy atom. The normalized spacial score (nSPS) is 12.8. The van der Waals surface area contributed by atoms with Crippen molar-refractivity contribution in [3.05, 3.63) is 146 Å². The minimum absolute atomic E-state index is 0.682. The molecule has 0 unspecified atom stereocenters. The van der Waals surface area contributed by atoms with Crippen molar-refractivity contribution in [3.63, 3.8) is 0 Å². The molecule has 50 heavy (non-hydrogen) atoms. The molecule has 13 aromatic rings. The van der Waals surface area contributed by atoms with Gasteiger partial charge in [-0.3, -0.25) is 4.57 Å². The maximum absolute atomic E-state index is 5.52. The fourth-order valence-corrected chi connectivity index (χ4v) is 9.30. The van der Waals surface area contributed by atoms with Gasteiger partial charge in [0.15, 0.2) is 0 Å². The lowest BCUT2D eigenvalue weighted by Gasteiger charge is -2.14. The second-order valence-corrected chi connectivity index (χ2v) is 13.7. The van der Waals surface area contributed by atoms with E-state index in [9.17, 15) is 0 Å². The molecule has 0 saturated carbocycles. The minimum atomic E-state index is 0.682. The smallest absolute Gasteiger partial charge is 0.235 e. The summed E-state index contributed by atoms with van der Waals surface area (Å²) >= 11 is 0. The van der Waals surface area contributed by atoms with Gasteiger partial charge >= 0.3 is 0 Å². The van der Waals surface area contributed by atoms with Crippen molar-refractivity contribution in [1.29, 1.82) is 0 Å². The molecule has 4 nitrogen and oxygen atoms in total. The van der Waals surface area contributed by atoms with Crippen LogP contribution in [0.2, 0.25) is 0 Å². The Labute approximate surface area is 284 Å². The number of aromatic nitrogens is 4. The molecule has 4 heteroatoms. The van der Waals surface area contributed by atoms with E-state index in [0.717, 1.165) is 38.6 Å². The lowest BCUT2D eigenvalue weighted by atomic mass is 10.00. The maximum atomic E-state index is 5.52. The van der Waals surface area contributed by atoms with E-state index >= 15 is 0 Å². The van der Waals surface area contributed by atoms with Crippen molar-refractivity contribution in [1.82, 2.24) is 18.9 Å². The zero-order chi connectivity index (χ0) is 32.2. The number of hydrogen-bond donors (Lipinski definition) is 0. The van der Waals surface area contributed by atoms with Crippen molar-refractivity contribution in [3.8, 4) is 17.2 Å². The second-order valence-electron chi connectivity index (χ2n) is 13.7. The largest absolute Gasteiger partial charge is 0.307 e. The van der Waals surface area contributed by atoms with Crippen LogP contribution in [0.4, 0.5) is 0 Å². The van der Waals surface area contributed by atoms with Gasteiger partial charge in [-0.2, -0.15) is 0 Å². The molecule has 8 aromatic carbocycles. The van der Waals surface area contributed by atoms with Crippen LogP contribution in [0.1, 0.15) is 0 Å². The molecule has 0 bridgehead atoms. The van der Waals surface area contributed by atoms with Crippen molar-refractivity contribution in [2.45, 2.75) is 0 Å². The third kappa shape index (κ3) is 2.88. The average molecular weight is 633 g/mol. The summed E-state index contributed by atoms with van der Waals surface area (Å²) < 4.78 is 4.86. The summed E-state index contributed by atoms with van der Waals surface area (Å²) in [5.41, 5.74) is 9.08. The molecule has 0 aliphatic carbocycles. The highest BCUT2D eigenvalue weighted by atomic mass is 15.2. The summed E-state index contributed by atoms with van der Waals surface area (Å²) in [6.45, 7) is 0. The van der Waals surface area contributed by atoms with Gasteiger partial charge in [-0.1, -0.05) is 121 Å². The average Bonchev–Trinajstić information content (AvgIpc) is 3.79. The first-order chi connectivity index (χ1) is 24.8. The van der Waals surface area contributed by atoms with Crippen molar-refractivity contribution >= 4 is 103 Å². The Balaban J connectivity index is 1.25. The van der Waals surface area contributed by atoms with Crippen LogP contribution < -0.4 is 0 Å². The van der Waals surface area contributed by atoms with Gasteiger partial charge in [0, 0.05) is 54.0 Å². The van der Waals surface area contributed by atoms with Crippen LogP contribution in [-0.4, -0.2) is 18.9 Å². The van der Waals surface area contributed by atoms with E-state index in [1.165, 1.54) is 75.8 Å². The van der Waals surface area contributed by atoms with Gasteiger partial charge in [0.25, 0.3) is 0 Å². The highest BCUT2D eigenvalue weighted by Gasteiger charge is 2.27. The van der Waals surface area contributed by atoms with Gasteiger partial charge < -0.3 is 4.40 Å². The fourth-order valence-electron chi connectivity index (χ4n) is 9.30. The molecule has 5 aromatic heterocycles. The monoisotopic (exact) mass is 632 g/mol. The zero-order valence-electron chi connectivity index (χ0n) is 26.6. The van der Waals surface area contributed by atoms with Crippen LogP contribution in [0.5, 0.6) is 0 Å². The second kappa shape index (κ2) is 8.62. The third-order valence-electron chi connectivity index (χ3n) is 11.3. The molecule has 5 heterocycles. The summed E-state index contributed by atoms with van der Waals surface area (Å²) in [6.07, 6.45) is 0. The third-order valence-corrected chi connectivity index (χ3v) is 11.3.